The number of carbonyl (C=O) groups is 1. The Morgan fingerprint density at radius 3 is 2.92 bits per heavy atom. The van der Waals surface area contributed by atoms with Crippen LogP contribution in [0.15, 0.2) is 24.3 Å². The van der Waals surface area contributed by atoms with Crippen LogP contribution in [0.3, 0.4) is 0 Å². The Bertz CT molecular complexity index is 952. The van der Waals surface area contributed by atoms with E-state index in [0.717, 1.165) is 55.7 Å². The van der Waals surface area contributed by atoms with E-state index in [1.807, 2.05) is 29.2 Å². The number of fused-ring (bicyclic) bond motifs is 3. The summed E-state index contributed by atoms with van der Waals surface area (Å²) < 4.78 is 1.75. The van der Waals surface area contributed by atoms with Crippen LogP contribution in [0.5, 0.6) is 0 Å². The summed E-state index contributed by atoms with van der Waals surface area (Å²) in [6, 6.07) is 8.13. The fourth-order valence-electron chi connectivity index (χ4n) is 4.06. The highest BCUT2D eigenvalue weighted by Gasteiger charge is 2.32. The van der Waals surface area contributed by atoms with Crippen LogP contribution < -0.4 is 4.90 Å². The van der Waals surface area contributed by atoms with Crippen molar-refractivity contribution in [3.63, 3.8) is 0 Å². The Balaban J connectivity index is 1.55. The fourth-order valence-corrected chi connectivity index (χ4v) is 4.06. The molecule has 2 aliphatic heterocycles. The van der Waals surface area contributed by atoms with Crippen LogP contribution in [0.1, 0.15) is 25.7 Å². The Morgan fingerprint density at radius 2 is 2.04 bits per heavy atom. The van der Waals surface area contributed by atoms with Gasteiger partial charge >= 0.3 is 0 Å². The van der Waals surface area contributed by atoms with E-state index in [2.05, 4.69) is 20.4 Å². The molecule has 8 heteroatoms. The zero-order chi connectivity index (χ0) is 16.8. The first-order valence-corrected chi connectivity index (χ1v) is 8.82. The molecule has 0 spiro atoms. The van der Waals surface area contributed by atoms with E-state index in [9.17, 15) is 4.79 Å². The summed E-state index contributed by atoms with van der Waals surface area (Å²) in [5.41, 5.74) is 2.44. The van der Waals surface area contributed by atoms with Crippen LogP contribution >= 0.6 is 0 Å². The van der Waals surface area contributed by atoms with Crippen molar-refractivity contribution in [2.75, 3.05) is 24.5 Å². The number of piperidine rings is 1. The number of para-hydroxylation sites is 2. The van der Waals surface area contributed by atoms with Crippen molar-refractivity contribution in [3.8, 4) is 0 Å². The monoisotopic (exact) mass is 337 g/mol. The van der Waals surface area contributed by atoms with E-state index in [1.54, 1.807) is 4.52 Å². The third-order valence-electron chi connectivity index (χ3n) is 5.25. The van der Waals surface area contributed by atoms with Gasteiger partial charge in [-0.25, -0.2) is 4.98 Å². The van der Waals surface area contributed by atoms with Gasteiger partial charge in [0.25, 0.3) is 0 Å². The van der Waals surface area contributed by atoms with Gasteiger partial charge in [-0.3, -0.25) is 4.79 Å². The van der Waals surface area contributed by atoms with Gasteiger partial charge in [0.05, 0.1) is 11.0 Å². The molecule has 2 saturated heterocycles. The van der Waals surface area contributed by atoms with E-state index in [1.165, 1.54) is 0 Å². The number of hydrogen-bond acceptors (Lipinski definition) is 6. The molecule has 2 fully saturated rings. The lowest BCUT2D eigenvalue weighted by Gasteiger charge is -2.38. The topological polar surface area (TPSA) is 79.5 Å². The molecule has 0 aliphatic carbocycles. The average molecular weight is 337 g/mol. The molecule has 1 unspecified atom stereocenters. The molecule has 1 atom stereocenters. The largest absolute Gasteiger partial charge is 0.351 e. The fraction of sp³-hybridized carbons (Fsp3) is 0.471. The molecule has 4 heterocycles. The minimum absolute atomic E-state index is 0.257. The van der Waals surface area contributed by atoms with E-state index in [-0.39, 0.29) is 11.9 Å². The van der Waals surface area contributed by atoms with Crippen LogP contribution in [-0.2, 0) is 4.79 Å². The number of benzene rings is 1. The summed E-state index contributed by atoms with van der Waals surface area (Å²) >= 11 is 0. The summed E-state index contributed by atoms with van der Waals surface area (Å²) in [4.78, 5) is 21.2. The summed E-state index contributed by atoms with van der Waals surface area (Å²) in [6.07, 6.45) is 3.75. The van der Waals surface area contributed by atoms with Gasteiger partial charge in [-0.15, -0.1) is 5.10 Å². The maximum atomic E-state index is 12.1. The number of hydrogen-bond donors (Lipinski definition) is 0. The zero-order valence-corrected chi connectivity index (χ0v) is 13.9. The summed E-state index contributed by atoms with van der Waals surface area (Å²) in [5.74, 6) is 1.09. The van der Waals surface area contributed by atoms with Crippen molar-refractivity contribution in [3.05, 3.63) is 24.3 Å². The molecule has 2 aliphatic rings. The first kappa shape index (κ1) is 14.6. The Kier molecular flexibility index (Phi) is 3.29. The lowest BCUT2D eigenvalue weighted by Crippen LogP contribution is -2.48. The highest BCUT2D eigenvalue weighted by atomic mass is 16.2. The molecular weight excluding hydrogens is 318 g/mol. The summed E-state index contributed by atoms with van der Waals surface area (Å²) in [5, 5.41) is 12.2. The number of carbonyl (C=O) groups excluding carboxylic acids is 1. The van der Waals surface area contributed by atoms with Gasteiger partial charge in [-0.1, -0.05) is 12.1 Å². The molecule has 0 N–H and O–H groups in total. The molecular formula is C17H19N7O. The second-order valence-corrected chi connectivity index (χ2v) is 6.77. The van der Waals surface area contributed by atoms with Crippen LogP contribution in [0.25, 0.3) is 16.7 Å². The molecule has 128 valence electrons. The number of anilines is 1. The zero-order valence-electron chi connectivity index (χ0n) is 13.9. The van der Waals surface area contributed by atoms with E-state index < -0.39 is 0 Å². The number of nitrogens with zero attached hydrogens (tertiary/aromatic N) is 7. The van der Waals surface area contributed by atoms with Gasteiger partial charge in [0.1, 0.15) is 0 Å². The summed E-state index contributed by atoms with van der Waals surface area (Å²) in [6.45, 7) is 2.58. The number of tetrazole rings is 1. The van der Waals surface area contributed by atoms with Crippen LogP contribution in [-0.4, -0.2) is 61.5 Å². The quantitative estimate of drug-likeness (QED) is 0.700. The van der Waals surface area contributed by atoms with Gasteiger partial charge in [0, 0.05) is 32.1 Å². The second-order valence-electron chi connectivity index (χ2n) is 6.77. The highest BCUT2D eigenvalue weighted by molar-refractivity contribution is 5.82. The normalized spacial score (nSPS) is 21.6. The number of amides is 1. The van der Waals surface area contributed by atoms with Gasteiger partial charge < -0.3 is 9.80 Å². The van der Waals surface area contributed by atoms with Gasteiger partial charge in [0.2, 0.25) is 11.6 Å². The highest BCUT2D eigenvalue weighted by Crippen LogP contribution is 2.28. The molecule has 5 rings (SSSR count). The molecule has 0 saturated carbocycles. The van der Waals surface area contributed by atoms with Crippen LogP contribution in [0.4, 0.5) is 5.82 Å². The standard InChI is InChI=1S/C17H19N7O/c25-15-8-4-10-23(15)12-5-3-9-22(11-12)16-17-19-20-21-24(17)14-7-2-1-6-13(14)18-16/h1-2,6-7,12H,3-5,8-11H2. The smallest absolute Gasteiger partial charge is 0.222 e. The number of likely N-dealkylation sites (tertiary alicyclic amines) is 1. The Labute approximate surface area is 144 Å². The van der Waals surface area contributed by atoms with Crippen molar-refractivity contribution in [1.29, 1.82) is 0 Å². The second kappa shape index (κ2) is 5.65. The molecule has 0 bridgehead atoms. The first-order valence-electron chi connectivity index (χ1n) is 8.82. The Morgan fingerprint density at radius 1 is 1.12 bits per heavy atom. The van der Waals surface area contributed by atoms with Crippen molar-refractivity contribution in [2.45, 2.75) is 31.7 Å². The minimum Gasteiger partial charge on any atom is -0.351 e. The van der Waals surface area contributed by atoms with Crippen molar-refractivity contribution in [1.82, 2.24) is 29.9 Å². The van der Waals surface area contributed by atoms with E-state index >= 15 is 0 Å². The third-order valence-corrected chi connectivity index (χ3v) is 5.25. The lowest BCUT2D eigenvalue weighted by molar-refractivity contribution is -0.129. The predicted molar refractivity (Wildman–Crippen MR) is 92.3 cm³/mol. The molecule has 1 aromatic carbocycles. The maximum Gasteiger partial charge on any atom is 0.222 e. The summed E-state index contributed by atoms with van der Waals surface area (Å²) in [7, 11) is 0. The van der Waals surface area contributed by atoms with E-state index in [4.69, 9.17) is 4.98 Å². The molecule has 1 amide bonds. The van der Waals surface area contributed by atoms with Gasteiger partial charge in [0.15, 0.2) is 5.82 Å². The lowest BCUT2D eigenvalue weighted by atomic mass is 10.0. The molecule has 2 aromatic heterocycles. The Hall–Kier alpha value is -2.77. The van der Waals surface area contributed by atoms with Crippen LogP contribution in [0, 0.1) is 0 Å². The molecule has 25 heavy (non-hydrogen) atoms. The predicted octanol–water partition coefficient (Wildman–Crippen LogP) is 1.26. The van der Waals surface area contributed by atoms with Gasteiger partial charge in [-0.05, 0) is 41.8 Å². The average Bonchev–Trinajstić information content (AvgIpc) is 3.30. The molecule has 8 nitrogen and oxygen atoms in total. The van der Waals surface area contributed by atoms with E-state index in [0.29, 0.717) is 12.1 Å². The maximum absolute atomic E-state index is 12.1. The van der Waals surface area contributed by atoms with Crippen molar-refractivity contribution >= 4 is 28.4 Å². The third kappa shape index (κ3) is 2.32. The molecule has 0 radical (unpaired) electrons. The van der Waals surface area contributed by atoms with Crippen LogP contribution in [0.2, 0.25) is 0 Å². The number of rotatable bonds is 2. The molecule has 3 aromatic rings. The number of aromatic nitrogens is 5. The van der Waals surface area contributed by atoms with Crippen molar-refractivity contribution < 1.29 is 4.79 Å². The van der Waals surface area contributed by atoms with Gasteiger partial charge in [-0.2, -0.15) is 4.52 Å². The minimum atomic E-state index is 0.257. The first-order chi connectivity index (χ1) is 12.3. The SMILES string of the molecule is O=C1CCCN1C1CCCN(c2nc3ccccc3n3nnnc23)C1. The van der Waals surface area contributed by atoms with Crippen molar-refractivity contribution in [2.24, 2.45) is 0 Å².